The molecule has 1 spiro atoms. The lowest BCUT2D eigenvalue weighted by Gasteiger charge is -2.43. The molecule has 1 aromatic heterocycles. The summed E-state index contributed by atoms with van der Waals surface area (Å²) < 4.78 is 11.8. The standard InChI is InChI=1S/C27H19N3O5/c31-26-20-13-7-8-14-21(20)34-17-27(26)24(18-9-3-1-4-10-18)25(22-15-16-23(35-22)30(32)33)28-29(27)19-11-5-2-6-12-19/h1-16,24H,17H2/t24-,27-/m1/s1. The van der Waals surface area contributed by atoms with E-state index in [1.165, 1.54) is 12.1 Å². The first-order chi connectivity index (χ1) is 17.1. The van der Waals surface area contributed by atoms with Gasteiger partial charge < -0.3 is 9.15 Å². The van der Waals surface area contributed by atoms with Crippen LogP contribution >= 0.6 is 0 Å². The van der Waals surface area contributed by atoms with E-state index in [9.17, 15) is 14.9 Å². The highest BCUT2D eigenvalue weighted by atomic mass is 16.6. The summed E-state index contributed by atoms with van der Waals surface area (Å²) in [6.45, 7) is 0.0348. The van der Waals surface area contributed by atoms with E-state index >= 15 is 0 Å². The first kappa shape index (κ1) is 20.9. The number of carbonyl (C=O) groups is 1. The van der Waals surface area contributed by atoms with Crippen molar-refractivity contribution in [1.82, 2.24) is 0 Å². The molecule has 35 heavy (non-hydrogen) atoms. The second-order valence-corrected chi connectivity index (χ2v) is 8.41. The number of hydrogen-bond donors (Lipinski definition) is 0. The van der Waals surface area contributed by atoms with Crippen LogP contribution in [0.1, 0.15) is 27.6 Å². The summed E-state index contributed by atoms with van der Waals surface area (Å²) in [5.74, 6) is -0.397. The second-order valence-electron chi connectivity index (χ2n) is 8.41. The average molecular weight is 465 g/mol. The van der Waals surface area contributed by atoms with Crippen molar-refractivity contribution < 1.29 is 18.9 Å². The Bertz CT molecular complexity index is 1460. The summed E-state index contributed by atoms with van der Waals surface area (Å²) in [5, 5.41) is 17.9. The molecular weight excluding hydrogens is 446 g/mol. The Morgan fingerprint density at radius 1 is 0.914 bits per heavy atom. The molecule has 3 aromatic carbocycles. The SMILES string of the molecule is O=C1c2ccccc2OC[C@@]12[C@H](c1ccccc1)C(c1ccc([N+](=O)[O-])o1)=NN2c1ccccc1. The van der Waals surface area contributed by atoms with E-state index in [2.05, 4.69) is 0 Å². The van der Waals surface area contributed by atoms with Crippen LogP contribution in [0.3, 0.4) is 0 Å². The number of ether oxygens (including phenoxy) is 1. The molecule has 4 aromatic rings. The lowest BCUT2D eigenvalue weighted by atomic mass is 9.71. The first-order valence-corrected chi connectivity index (χ1v) is 11.1. The number of para-hydroxylation sites is 2. The average Bonchev–Trinajstić information content (AvgIpc) is 3.52. The minimum atomic E-state index is -1.27. The monoisotopic (exact) mass is 465 g/mol. The molecule has 0 unspecified atom stereocenters. The predicted molar refractivity (Wildman–Crippen MR) is 129 cm³/mol. The number of furan rings is 1. The zero-order valence-electron chi connectivity index (χ0n) is 18.4. The van der Waals surface area contributed by atoms with Crippen LogP contribution in [0, 0.1) is 10.1 Å². The quantitative estimate of drug-likeness (QED) is 0.303. The summed E-state index contributed by atoms with van der Waals surface area (Å²) in [5.41, 5.74) is 1.13. The third-order valence-corrected chi connectivity index (χ3v) is 6.47. The predicted octanol–water partition coefficient (Wildman–Crippen LogP) is 5.21. The van der Waals surface area contributed by atoms with Crippen LogP contribution in [0.5, 0.6) is 5.75 Å². The molecule has 8 nitrogen and oxygen atoms in total. The van der Waals surface area contributed by atoms with Crippen LogP contribution in [0.4, 0.5) is 11.6 Å². The van der Waals surface area contributed by atoms with Gasteiger partial charge in [-0.25, -0.2) is 5.01 Å². The molecule has 3 heterocycles. The Morgan fingerprint density at radius 2 is 1.60 bits per heavy atom. The van der Waals surface area contributed by atoms with Crippen molar-refractivity contribution in [2.45, 2.75) is 11.5 Å². The number of nitro groups is 1. The Hall–Kier alpha value is -4.72. The van der Waals surface area contributed by atoms with E-state index in [0.29, 0.717) is 22.7 Å². The highest BCUT2D eigenvalue weighted by Gasteiger charge is 2.61. The van der Waals surface area contributed by atoms with Crippen LogP contribution in [0.15, 0.2) is 107 Å². The van der Waals surface area contributed by atoms with Gasteiger partial charge in [-0.3, -0.25) is 14.9 Å². The Kier molecular flexibility index (Phi) is 4.74. The lowest BCUT2D eigenvalue weighted by molar-refractivity contribution is -0.402. The molecule has 0 saturated carbocycles. The minimum Gasteiger partial charge on any atom is -0.490 e. The van der Waals surface area contributed by atoms with E-state index in [-0.39, 0.29) is 18.2 Å². The number of rotatable bonds is 4. The first-order valence-electron chi connectivity index (χ1n) is 11.1. The van der Waals surface area contributed by atoms with Gasteiger partial charge in [-0.2, -0.15) is 5.10 Å². The summed E-state index contributed by atoms with van der Waals surface area (Å²) in [6.07, 6.45) is 0. The van der Waals surface area contributed by atoms with E-state index in [1.807, 2.05) is 66.7 Å². The molecule has 172 valence electrons. The maximum absolute atomic E-state index is 14.4. The van der Waals surface area contributed by atoms with Crippen molar-refractivity contribution in [2.24, 2.45) is 5.10 Å². The zero-order valence-corrected chi connectivity index (χ0v) is 18.4. The molecule has 2 aliphatic heterocycles. The molecule has 6 rings (SSSR count). The molecular formula is C27H19N3O5. The van der Waals surface area contributed by atoms with Crippen LogP contribution in [0.25, 0.3) is 0 Å². The number of fused-ring (bicyclic) bond motifs is 1. The number of nitrogens with zero attached hydrogens (tertiary/aromatic N) is 3. The molecule has 0 saturated heterocycles. The van der Waals surface area contributed by atoms with Crippen LogP contribution in [-0.2, 0) is 0 Å². The maximum Gasteiger partial charge on any atom is 0.433 e. The Labute approximate surface area is 200 Å². The van der Waals surface area contributed by atoms with Crippen molar-refractivity contribution >= 4 is 23.1 Å². The third kappa shape index (κ3) is 3.14. The maximum atomic E-state index is 14.4. The van der Waals surface area contributed by atoms with Gasteiger partial charge in [-0.15, -0.1) is 0 Å². The zero-order chi connectivity index (χ0) is 24.0. The fourth-order valence-corrected chi connectivity index (χ4v) is 4.93. The number of benzene rings is 3. The fraction of sp³-hybridized carbons (Fsp3) is 0.111. The molecule has 0 bridgehead atoms. The number of Topliss-reactive ketones (excluding diaryl/α,β-unsaturated/α-hetero) is 1. The van der Waals surface area contributed by atoms with Gasteiger partial charge in [-0.05, 0) is 35.9 Å². The van der Waals surface area contributed by atoms with Crippen LogP contribution < -0.4 is 9.75 Å². The number of anilines is 1. The normalized spacial score (nSPS) is 20.9. The topological polar surface area (TPSA) is 98.2 Å². The second kappa shape index (κ2) is 7.95. The third-order valence-electron chi connectivity index (χ3n) is 6.47. The Balaban J connectivity index is 1.62. The summed E-state index contributed by atoms with van der Waals surface area (Å²) in [7, 11) is 0. The highest BCUT2D eigenvalue weighted by Crippen LogP contribution is 2.49. The van der Waals surface area contributed by atoms with Gasteiger partial charge >= 0.3 is 5.88 Å². The minimum absolute atomic E-state index is 0.0348. The van der Waals surface area contributed by atoms with Crippen molar-refractivity contribution in [2.75, 3.05) is 11.6 Å². The smallest absolute Gasteiger partial charge is 0.433 e. The van der Waals surface area contributed by atoms with Crippen molar-refractivity contribution in [3.05, 3.63) is 124 Å². The van der Waals surface area contributed by atoms with Crippen molar-refractivity contribution in [3.63, 3.8) is 0 Å². The Morgan fingerprint density at radius 3 is 2.31 bits per heavy atom. The molecule has 2 aliphatic rings. The molecule has 0 radical (unpaired) electrons. The van der Waals surface area contributed by atoms with Gasteiger partial charge in [0.1, 0.15) is 23.0 Å². The van der Waals surface area contributed by atoms with Crippen LogP contribution in [-0.4, -0.2) is 28.6 Å². The highest BCUT2D eigenvalue weighted by molar-refractivity contribution is 6.18. The summed E-state index contributed by atoms with van der Waals surface area (Å²) >= 11 is 0. The number of hydrazone groups is 1. The number of hydrogen-bond acceptors (Lipinski definition) is 7. The molecule has 8 heteroatoms. The van der Waals surface area contributed by atoms with Gasteiger partial charge in [0.25, 0.3) is 0 Å². The van der Waals surface area contributed by atoms with Gasteiger partial charge in [0.15, 0.2) is 17.1 Å². The van der Waals surface area contributed by atoms with Gasteiger partial charge in [0, 0.05) is 0 Å². The lowest BCUT2D eigenvalue weighted by Crippen LogP contribution is -2.60. The molecule has 0 fully saturated rings. The van der Waals surface area contributed by atoms with E-state index in [4.69, 9.17) is 14.3 Å². The fourth-order valence-electron chi connectivity index (χ4n) is 4.93. The van der Waals surface area contributed by atoms with Gasteiger partial charge in [0.05, 0.1) is 23.2 Å². The number of carbonyl (C=O) groups excluding carboxylic acids is 1. The molecule has 0 N–H and O–H groups in total. The van der Waals surface area contributed by atoms with E-state index in [1.54, 1.807) is 23.2 Å². The number of ketones is 1. The summed E-state index contributed by atoms with van der Waals surface area (Å²) in [4.78, 5) is 25.1. The van der Waals surface area contributed by atoms with Gasteiger partial charge in [-0.1, -0.05) is 60.7 Å². The summed E-state index contributed by atoms with van der Waals surface area (Å²) in [6, 6.07) is 28.8. The van der Waals surface area contributed by atoms with Crippen LogP contribution in [0.2, 0.25) is 0 Å². The molecule has 2 atom stereocenters. The van der Waals surface area contributed by atoms with Gasteiger partial charge in [0.2, 0.25) is 0 Å². The van der Waals surface area contributed by atoms with E-state index in [0.717, 1.165) is 5.56 Å². The van der Waals surface area contributed by atoms with Crippen molar-refractivity contribution in [3.8, 4) is 5.75 Å². The van der Waals surface area contributed by atoms with E-state index < -0.39 is 22.3 Å². The van der Waals surface area contributed by atoms with Crippen molar-refractivity contribution in [1.29, 1.82) is 0 Å². The largest absolute Gasteiger partial charge is 0.490 e. The molecule has 0 aliphatic carbocycles. The molecule has 0 amide bonds.